The van der Waals surface area contributed by atoms with E-state index >= 15 is 0 Å². The molecule has 29 heavy (non-hydrogen) atoms. The summed E-state index contributed by atoms with van der Waals surface area (Å²) < 4.78 is 17.6. The topological polar surface area (TPSA) is 56.9 Å². The highest BCUT2D eigenvalue weighted by Crippen LogP contribution is 2.20. The number of ketones is 1. The lowest BCUT2D eigenvalue weighted by atomic mass is 10.1. The predicted molar refractivity (Wildman–Crippen MR) is 111 cm³/mol. The maximum Gasteiger partial charge on any atom is 0.255 e. The number of nitrogens with zero attached hydrogens (tertiary/aromatic N) is 3. The van der Waals surface area contributed by atoms with E-state index in [-0.39, 0.29) is 11.3 Å². The van der Waals surface area contributed by atoms with Crippen molar-refractivity contribution in [1.29, 1.82) is 0 Å². The average Bonchev–Trinajstić information content (AvgIpc) is 3.35. The third kappa shape index (κ3) is 4.09. The number of hydrogen-bond acceptors (Lipinski definition) is 4. The minimum atomic E-state index is -0.465. The van der Waals surface area contributed by atoms with Crippen LogP contribution in [-0.4, -0.2) is 19.9 Å². The normalized spacial score (nSPS) is 11.0. The number of halogens is 1. The van der Waals surface area contributed by atoms with Crippen molar-refractivity contribution < 1.29 is 9.18 Å². The molecule has 0 fully saturated rings. The van der Waals surface area contributed by atoms with Crippen LogP contribution >= 0.6 is 11.3 Å². The van der Waals surface area contributed by atoms with Crippen molar-refractivity contribution >= 4 is 17.1 Å². The second-order valence-electron chi connectivity index (χ2n) is 6.65. The molecule has 4 aromatic rings. The number of carbonyl (C=O) groups excluding carboxylic acids is 1. The second kappa shape index (κ2) is 7.97. The van der Waals surface area contributed by atoms with E-state index in [4.69, 9.17) is 0 Å². The Bertz CT molecular complexity index is 1240. The lowest BCUT2D eigenvalue weighted by molar-refractivity contribution is 0.0986. The van der Waals surface area contributed by atoms with E-state index in [0.717, 1.165) is 15.4 Å². The smallest absolute Gasteiger partial charge is 0.255 e. The molecular formula is C22H18FN3O2S. The highest BCUT2D eigenvalue weighted by Gasteiger charge is 2.12. The summed E-state index contributed by atoms with van der Waals surface area (Å²) in [6.07, 6.45) is 5.69. The van der Waals surface area contributed by atoms with E-state index in [2.05, 4.69) is 4.98 Å². The van der Waals surface area contributed by atoms with E-state index in [1.807, 2.05) is 19.1 Å². The van der Waals surface area contributed by atoms with Gasteiger partial charge in [0.15, 0.2) is 5.78 Å². The van der Waals surface area contributed by atoms with Crippen molar-refractivity contribution in [1.82, 2.24) is 14.1 Å². The number of benzene rings is 1. The van der Waals surface area contributed by atoms with Crippen LogP contribution in [0.5, 0.6) is 0 Å². The molecule has 0 radical (unpaired) electrons. The van der Waals surface area contributed by atoms with Crippen molar-refractivity contribution in [3.05, 3.63) is 98.9 Å². The van der Waals surface area contributed by atoms with Gasteiger partial charge in [0.05, 0.1) is 28.3 Å². The summed E-state index contributed by atoms with van der Waals surface area (Å²) in [7, 11) is 0. The minimum absolute atomic E-state index is 0.0847. The number of carbonyl (C=O) groups is 1. The first-order valence-electron chi connectivity index (χ1n) is 9.12. The molecule has 0 aliphatic heterocycles. The van der Waals surface area contributed by atoms with Crippen LogP contribution < -0.4 is 5.56 Å². The van der Waals surface area contributed by atoms with E-state index in [9.17, 15) is 14.0 Å². The Hall–Kier alpha value is -3.32. The van der Waals surface area contributed by atoms with Gasteiger partial charge in [-0.3, -0.25) is 14.2 Å². The SMILES string of the molecule is Cc1ccc(C(=O)CCc2cn(-c3ccc(-n4ccccc4=O)cc3F)cn2)s1. The molecule has 146 valence electrons. The number of rotatable bonds is 6. The molecule has 0 atom stereocenters. The maximum absolute atomic E-state index is 14.7. The standard InChI is InChI=1S/C22H18FN3O2S/c1-15-5-10-21(29-15)20(27)9-6-16-13-25(14-24-16)19-8-7-17(12-18(19)23)26-11-3-2-4-22(26)28/h2-5,7-8,10-14H,6,9H2,1H3. The Morgan fingerprint density at radius 1 is 1.17 bits per heavy atom. The minimum Gasteiger partial charge on any atom is -0.303 e. The molecule has 0 N–H and O–H groups in total. The summed E-state index contributed by atoms with van der Waals surface area (Å²) in [5, 5.41) is 0. The zero-order chi connectivity index (χ0) is 20.4. The van der Waals surface area contributed by atoms with Crippen molar-refractivity contribution in [3.63, 3.8) is 0 Å². The van der Waals surface area contributed by atoms with Crippen LogP contribution in [0.15, 0.2) is 72.0 Å². The van der Waals surface area contributed by atoms with Gasteiger partial charge < -0.3 is 4.57 Å². The van der Waals surface area contributed by atoms with E-state index in [1.54, 1.807) is 41.2 Å². The van der Waals surface area contributed by atoms with Crippen LogP contribution in [0.3, 0.4) is 0 Å². The van der Waals surface area contributed by atoms with E-state index in [0.29, 0.717) is 24.2 Å². The summed E-state index contributed by atoms with van der Waals surface area (Å²) in [4.78, 5) is 30.3. The molecular weight excluding hydrogens is 389 g/mol. The fourth-order valence-electron chi connectivity index (χ4n) is 3.07. The molecule has 0 saturated carbocycles. The van der Waals surface area contributed by atoms with Gasteiger partial charge in [-0.15, -0.1) is 11.3 Å². The van der Waals surface area contributed by atoms with Gasteiger partial charge in [0, 0.05) is 35.8 Å². The maximum atomic E-state index is 14.7. The number of thiophene rings is 1. The quantitative estimate of drug-likeness (QED) is 0.447. The lowest BCUT2D eigenvalue weighted by Crippen LogP contribution is -2.15. The zero-order valence-corrected chi connectivity index (χ0v) is 16.5. The first kappa shape index (κ1) is 19.0. The van der Waals surface area contributed by atoms with Gasteiger partial charge in [-0.25, -0.2) is 9.37 Å². The number of Topliss-reactive ketones (excluding diaryl/α,β-unsaturated/α-hetero) is 1. The summed E-state index contributed by atoms with van der Waals surface area (Å²) in [5.74, 6) is -0.381. The second-order valence-corrected chi connectivity index (χ2v) is 7.94. The van der Waals surface area contributed by atoms with Crippen molar-refractivity contribution in [2.24, 2.45) is 0 Å². The molecule has 0 aliphatic rings. The Balaban J connectivity index is 1.50. The third-order valence-corrected chi connectivity index (χ3v) is 5.61. The number of aryl methyl sites for hydroxylation is 2. The molecule has 5 nitrogen and oxygen atoms in total. The molecule has 3 heterocycles. The first-order chi connectivity index (χ1) is 14.0. The third-order valence-electron chi connectivity index (χ3n) is 4.57. The molecule has 1 aromatic carbocycles. The fourth-order valence-corrected chi connectivity index (χ4v) is 3.90. The van der Waals surface area contributed by atoms with Crippen molar-refractivity contribution in [2.75, 3.05) is 0 Å². The number of aromatic nitrogens is 3. The lowest BCUT2D eigenvalue weighted by Gasteiger charge is -2.08. The van der Waals surface area contributed by atoms with Crippen LogP contribution in [0, 0.1) is 12.7 Å². The number of imidazole rings is 1. The molecule has 0 spiro atoms. The molecule has 4 rings (SSSR count). The summed E-state index contributed by atoms with van der Waals surface area (Å²) >= 11 is 1.49. The molecule has 0 aliphatic carbocycles. The van der Waals surface area contributed by atoms with Gasteiger partial charge in [-0.2, -0.15) is 0 Å². The fraction of sp³-hybridized carbons (Fsp3) is 0.136. The molecule has 0 unspecified atom stereocenters. The van der Waals surface area contributed by atoms with E-state index in [1.165, 1.54) is 34.4 Å². The number of pyridine rings is 1. The first-order valence-corrected chi connectivity index (χ1v) is 9.93. The van der Waals surface area contributed by atoms with Crippen LogP contribution in [0.2, 0.25) is 0 Å². The highest BCUT2D eigenvalue weighted by atomic mass is 32.1. The average molecular weight is 407 g/mol. The van der Waals surface area contributed by atoms with E-state index < -0.39 is 5.82 Å². The summed E-state index contributed by atoms with van der Waals surface area (Å²) in [6.45, 7) is 1.97. The predicted octanol–water partition coefficient (Wildman–Crippen LogP) is 4.35. The molecule has 0 amide bonds. The van der Waals surface area contributed by atoms with Crippen molar-refractivity contribution in [3.8, 4) is 11.4 Å². The Morgan fingerprint density at radius 3 is 2.76 bits per heavy atom. The van der Waals surface area contributed by atoms with Gasteiger partial charge >= 0.3 is 0 Å². The summed E-state index contributed by atoms with van der Waals surface area (Å²) in [6, 6.07) is 13.2. The molecule has 7 heteroatoms. The van der Waals surface area contributed by atoms with Gasteiger partial charge in [0.2, 0.25) is 0 Å². The molecule has 3 aromatic heterocycles. The Labute approximate surface area is 170 Å². The van der Waals surface area contributed by atoms with Crippen LogP contribution in [0.1, 0.15) is 26.7 Å². The van der Waals surface area contributed by atoms with Crippen LogP contribution in [0.25, 0.3) is 11.4 Å². The van der Waals surface area contributed by atoms with Gasteiger partial charge in [-0.1, -0.05) is 6.07 Å². The largest absolute Gasteiger partial charge is 0.303 e. The number of hydrogen-bond donors (Lipinski definition) is 0. The van der Waals surface area contributed by atoms with Gasteiger partial charge in [-0.05, 0) is 43.7 Å². The highest BCUT2D eigenvalue weighted by molar-refractivity contribution is 7.14. The molecule has 0 bridgehead atoms. The van der Waals surface area contributed by atoms with Crippen LogP contribution in [-0.2, 0) is 6.42 Å². The Morgan fingerprint density at radius 2 is 2.03 bits per heavy atom. The Kier molecular flexibility index (Phi) is 5.22. The monoisotopic (exact) mass is 407 g/mol. The zero-order valence-electron chi connectivity index (χ0n) is 15.7. The van der Waals surface area contributed by atoms with Crippen LogP contribution in [0.4, 0.5) is 4.39 Å². The molecule has 0 saturated heterocycles. The van der Waals surface area contributed by atoms with Gasteiger partial charge in [0.25, 0.3) is 5.56 Å². The van der Waals surface area contributed by atoms with Crippen molar-refractivity contribution in [2.45, 2.75) is 19.8 Å². The summed E-state index contributed by atoms with van der Waals surface area (Å²) in [5.41, 5.74) is 1.27. The van der Waals surface area contributed by atoms with Gasteiger partial charge in [0.1, 0.15) is 5.82 Å².